The van der Waals surface area contributed by atoms with E-state index >= 15 is 0 Å². The summed E-state index contributed by atoms with van der Waals surface area (Å²) in [6, 6.07) is 7.23. The summed E-state index contributed by atoms with van der Waals surface area (Å²) < 4.78 is 5.78. The van der Waals surface area contributed by atoms with Crippen molar-refractivity contribution in [3.8, 4) is 11.3 Å². The van der Waals surface area contributed by atoms with E-state index in [4.69, 9.17) is 4.42 Å². The van der Waals surface area contributed by atoms with Gasteiger partial charge in [0.2, 0.25) is 0 Å². The van der Waals surface area contributed by atoms with Crippen LogP contribution in [0.3, 0.4) is 0 Å². The van der Waals surface area contributed by atoms with Crippen LogP contribution in [-0.2, 0) is 6.54 Å². The van der Waals surface area contributed by atoms with Gasteiger partial charge in [-0.25, -0.2) is 0 Å². The highest BCUT2D eigenvalue weighted by molar-refractivity contribution is 5.66. The summed E-state index contributed by atoms with van der Waals surface area (Å²) in [7, 11) is 0. The van der Waals surface area contributed by atoms with Gasteiger partial charge in [-0.2, -0.15) is 0 Å². The molecule has 0 fully saturated rings. The van der Waals surface area contributed by atoms with Crippen LogP contribution in [0, 0.1) is 24.0 Å². The fraction of sp³-hybridized carbons (Fsp3) is 0.333. The molecule has 1 aromatic heterocycles. The molecule has 0 amide bonds. The number of hydrogen-bond acceptors (Lipinski definition) is 4. The molecule has 0 aliphatic carbocycles. The van der Waals surface area contributed by atoms with E-state index in [2.05, 4.69) is 5.32 Å². The molecule has 5 heteroatoms. The maximum Gasteiger partial charge on any atom is 0.272 e. The molecule has 0 bridgehead atoms. The molecule has 0 saturated carbocycles. The Morgan fingerprint density at radius 2 is 2.00 bits per heavy atom. The zero-order valence-electron chi connectivity index (χ0n) is 11.9. The monoisotopic (exact) mass is 274 g/mol. The minimum absolute atomic E-state index is 0.144. The molecule has 0 spiro atoms. The molecule has 106 valence electrons. The van der Waals surface area contributed by atoms with Crippen molar-refractivity contribution in [1.29, 1.82) is 0 Å². The molecule has 2 rings (SSSR count). The van der Waals surface area contributed by atoms with Crippen LogP contribution in [-0.4, -0.2) is 11.5 Å². The van der Waals surface area contributed by atoms with E-state index in [1.165, 1.54) is 0 Å². The minimum atomic E-state index is -0.356. The summed E-state index contributed by atoms with van der Waals surface area (Å²) in [4.78, 5) is 10.6. The number of benzene rings is 1. The van der Waals surface area contributed by atoms with Crippen LogP contribution in [0.4, 0.5) is 5.69 Å². The maximum absolute atomic E-state index is 10.9. The predicted molar refractivity (Wildman–Crippen MR) is 77.7 cm³/mol. The SMILES string of the molecule is CCNCc1ccc(-c2cc(C)c([N+](=O)[O-])cc2C)o1. The number of aryl methyl sites for hydroxylation is 2. The van der Waals surface area contributed by atoms with Crippen LogP contribution in [0.2, 0.25) is 0 Å². The number of nitro benzene ring substituents is 1. The molecule has 0 aliphatic rings. The second-order valence-corrected chi connectivity index (χ2v) is 4.76. The van der Waals surface area contributed by atoms with E-state index in [0.717, 1.165) is 29.2 Å². The Morgan fingerprint density at radius 3 is 2.65 bits per heavy atom. The Kier molecular flexibility index (Phi) is 4.20. The van der Waals surface area contributed by atoms with E-state index in [9.17, 15) is 10.1 Å². The second kappa shape index (κ2) is 5.88. The van der Waals surface area contributed by atoms with E-state index < -0.39 is 0 Å². The van der Waals surface area contributed by atoms with E-state index in [1.54, 1.807) is 13.0 Å². The average Bonchev–Trinajstić information content (AvgIpc) is 2.86. The number of hydrogen-bond donors (Lipinski definition) is 1. The van der Waals surface area contributed by atoms with Crippen molar-refractivity contribution in [2.24, 2.45) is 0 Å². The largest absolute Gasteiger partial charge is 0.460 e. The Balaban J connectivity index is 2.35. The van der Waals surface area contributed by atoms with Crippen molar-refractivity contribution in [3.63, 3.8) is 0 Å². The van der Waals surface area contributed by atoms with Crippen molar-refractivity contribution >= 4 is 5.69 Å². The molecule has 1 heterocycles. The molecule has 1 N–H and O–H groups in total. The molecule has 2 aromatic rings. The maximum atomic E-state index is 10.9. The number of furan rings is 1. The smallest absolute Gasteiger partial charge is 0.272 e. The molecule has 0 unspecified atom stereocenters. The van der Waals surface area contributed by atoms with Gasteiger partial charge in [0.25, 0.3) is 5.69 Å². The lowest BCUT2D eigenvalue weighted by atomic mass is 10.0. The third-order valence-electron chi connectivity index (χ3n) is 3.22. The predicted octanol–water partition coefficient (Wildman–Crippen LogP) is 3.58. The molecule has 5 nitrogen and oxygen atoms in total. The first kappa shape index (κ1) is 14.3. The molecule has 20 heavy (non-hydrogen) atoms. The van der Waals surface area contributed by atoms with Gasteiger partial charge >= 0.3 is 0 Å². The summed E-state index contributed by atoms with van der Waals surface area (Å²) in [5, 5.41) is 14.1. The number of nitro groups is 1. The lowest BCUT2D eigenvalue weighted by Gasteiger charge is -2.05. The van der Waals surface area contributed by atoms with Crippen LogP contribution in [0.15, 0.2) is 28.7 Å². The van der Waals surface area contributed by atoms with Crippen LogP contribution in [0.1, 0.15) is 23.8 Å². The van der Waals surface area contributed by atoms with Crippen molar-refractivity contribution in [1.82, 2.24) is 5.32 Å². The van der Waals surface area contributed by atoms with E-state index in [1.807, 2.05) is 32.0 Å². The van der Waals surface area contributed by atoms with Crippen molar-refractivity contribution in [3.05, 3.63) is 51.3 Å². The third-order valence-corrected chi connectivity index (χ3v) is 3.22. The van der Waals surface area contributed by atoms with E-state index in [0.29, 0.717) is 12.1 Å². The molecule has 0 atom stereocenters. The highest BCUT2D eigenvalue weighted by Gasteiger charge is 2.16. The first-order chi connectivity index (χ1) is 9.52. The standard InChI is InChI=1S/C15H18N2O3/c1-4-16-9-12-5-6-15(20-12)13-7-11(3)14(17(18)19)8-10(13)2/h5-8,16H,4,9H2,1-3H3. The number of nitrogens with one attached hydrogen (secondary N) is 1. The van der Waals surface area contributed by atoms with Crippen LogP contribution < -0.4 is 5.32 Å². The number of rotatable bonds is 5. The molecule has 0 radical (unpaired) electrons. The molecule has 1 aromatic carbocycles. The van der Waals surface area contributed by atoms with Gasteiger partial charge in [0.1, 0.15) is 11.5 Å². The average molecular weight is 274 g/mol. The first-order valence-electron chi connectivity index (χ1n) is 6.58. The van der Waals surface area contributed by atoms with Gasteiger partial charge < -0.3 is 9.73 Å². The lowest BCUT2D eigenvalue weighted by molar-refractivity contribution is -0.385. The quantitative estimate of drug-likeness (QED) is 0.668. The summed E-state index contributed by atoms with van der Waals surface area (Å²) in [6.07, 6.45) is 0. The normalized spacial score (nSPS) is 10.8. The summed E-state index contributed by atoms with van der Waals surface area (Å²) in [5.41, 5.74) is 2.52. The zero-order valence-corrected chi connectivity index (χ0v) is 11.9. The minimum Gasteiger partial charge on any atom is -0.460 e. The Labute approximate surface area is 117 Å². The van der Waals surface area contributed by atoms with Gasteiger partial charge in [0.05, 0.1) is 11.5 Å². The second-order valence-electron chi connectivity index (χ2n) is 4.76. The lowest BCUT2D eigenvalue weighted by Crippen LogP contribution is -2.10. The van der Waals surface area contributed by atoms with Crippen LogP contribution in [0.5, 0.6) is 0 Å². The zero-order chi connectivity index (χ0) is 14.7. The fourth-order valence-electron chi connectivity index (χ4n) is 2.13. The summed E-state index contributed by atoms with van der Waals surface area (Å²) in [5.74, 6) is 1.60. The van der Waals surface area contributed by atoms with Gasteiger partial charge in [-0.3, -0.25) is 10.1 Å². The Hall–Kier alpha value is -2.14. The van der Waals surface area contributed by atoms with Gasteiger partial charge in [0, 0.05) is 17.2 Å². The van der Waals surface area contributed by atoms with Crippen molar-refractivity contribution in [2.75, 3.05) is 6.54 Å². The first-order valence-corrected chi connectivity index (χ1v) is 6.58. The summed E-state index contributed by atoms with van der Waals surface area (Å²) >= 11 is 0. The molecule has 0 saturated heterocycles. The van der Waals surface area contributed by atoms with Crippen LogP contribution >= 0.6 is 0 Å². The summed E-state index contributed by atoms with van der Waals surface area (Å²) in [6.45, 7) is 7.19. The molecular formula is C15H18N2O3. The topological polar surface area (TPSA) is 68.3 Å². The van der Waals surface area contributed by atoms with Crippen molar-refractivity contribution in [2.45, 2.75) is 27.3 Å². The van der Waals surface area contributed by atoms with Gasteiger partial charge in [0.15, 0.2) is 0 Å². The highest BCUT2D eigenvalue weighted by Crippen LogP contribution is 2.31. The van der Waals surface area contributed by atoms with Crippen LogP contribution in [0.25, 0.3) is 11.3 Å². The van der Waals surface area contributed by atoms with Gasteiger partial charge in [-0.15, -0.1) is 0 Å². The highest BCUT2D eigenvalue weighted by atomic mass is 16.6. The Morgan fingerprint density at radius 1 is 1.25 bits per heavy atom. The molecule has 0 aliphatic heterocycles. The van der Waals surface area contributed by atoms with Crippen molar-refractivity contribution < 1.29 is 9.34 Å². The number of nitrogens with zero attached hydrogens (tertiary/aromatic N) is 1. The molecular weight excluding hydrogens is 256 g/mol. The third kappa shape index (κ3) is 2.88. The van der Waals surface area contributed by atoms with Gasteiger partial charge in [-0.1, -0.05) is 6.92 Å². The Bertz CT molecular complexity index is 632. The van der Waals surface area contributed by atoms with E-state index in [-0.39, 0.29) is 10.6 Å². The fourth-order valence-corrected chi connectivity index (χ4v) is 2.13. The van der Waals surface area contributed by atoms with Gasteiger partial charge in [-0.05, 0) is 44.2 Å².